The molecule has 2 aromatic rings. The predicted molar refractivity (Wildman–Crippen MR) is 263 cm³/mol. The summed E-state index contributed by atoms with van der Waals surface area (Å²) in [5.74, 6) is 4.59. The van der Waals surface area contributed by atoms with Crippen LogP contribution in [0.15, 0.2) is 215 Å². The second kappa shape index (κ2) is 33.0. The third kappa shape index (κ3) is 24.8. The van der Waals surface area contributed by atoms with Crippen molar-refractivity contribution in [3.8, 4) is 0 Å². The molecule has 5 aliphatic carbocycles. The highest BCUT2D eigenvalue weighted by Gasteiger charge is 2.44. The van der Waals surface area contributed by atoms with Crippen molar-refractivity contribution in [1.82, 2.24) is 0 Å². The summed E-state index contributed by atoms with van der Waals surface area (Å²) in [6.07, 6.45) is 40.6. The molecule has 0 amide bonds. The van der Waals surface area contributed by atoms with Crippen LogP contribution in [0, 0.1) is 36.5 Å². The topological polar surface area (TPSA) is 0 Å². The van der Waals surface area contributed by atoms with Gasteiger partial charge in [-0.3, -0.25) is 0 Å². The van der Waals surface area contributed by atoms with E-state index < -0.39 is 0 Å². The SMILES string of the molecule is C1=CC2C3C=CC(C3)C2C1.C1=CCC=C1.C=C(C)C1CC=C(C)CC1.C=C(C)c1ccccc1.C=C/C=C/C.C=CC(=C)C.C=CC=C.C=Cc1ccc(C)cc1. The second-order valence-corrected chi connectivity index (χ2v) is 14.9. The molecule has 5 atom stereocenters. The zero-order valence-corrected chi connectivity index (χ0v) is 36.7. The molecule has 5 unspecified atom stereocenters. The van der Waals surface area contributed by atoms with Gasteiger partial charge < -0.3 is 0 Å². The third-order valence-corrected chi connectivity index (χ3v) is 9.87. The smallest absolute Gasteiger partial charge is 0.0133 e. The fourth-order valence-corrected chi connectivity index (χ4v) is 6.34. The van der Waals surface area contributed by atoms with Crippen LogP contribution in [0.2, 0.25) is 0 Å². The van der Waals surface area contributed by atoms with E-state index in [1.807, 2.05) is 57.2 Å². The molecular weight excluding hydrogens is 685 g/mol. The lowest BCUT2D eigenvalue weighted by Gasteiger charge is -2.19. The van der Waals surface area contributed by atoms with E-state index in [-0.39, 0.29) is 0 Å². The van der Waals surface area contributed by atoms with Gasteiger partial charge in [-0.25, -0.2) is 0 Å². The number of allylic oxidation sites excluding steroid dienone is 19. The number of hydrogen-bond donors (Lipinski definition) is 0. The standard InChI is InChI=1S/C10H12.C10H16.2C9H10.C5H6.2C5H8.C4H6/c1-2-9-7-4-5-8(6-7)10(9)3-1;1-8(2)10-6-4-9(3)5-7-10;1-8(2)9-6-4-3-5-7-9;1-3-9-6-4-8(2)5-7-9;1-2-4-5-3-1;1-4-5(2)3;1-3-5-4-2;1-3-4-2/h1-2,4-5,7-10H,3,6H2;4,10H,1,5-7H2,2-3H3;2*3-7H,1H2,2H3;1-4H,5H2;4H,1-2H2,3H3;3-5H,1H2,2H3;3-4H,1-2H2/b;;;;;;5-4+;. The van der Waals surface area contributed by atoms with Gasteiger partial charge in [-0.05, 0) is 121 Å². The molecule has 2 aromatic carbocycles. The number of fused-ring (bicyclic) bond motifs is 5. The molecule has 0 aliphatic heterocycles. The van der Waals surface area contributed by atoms with Gasteiger partial charge in [-0.15, -0.1) is 0 Å². The molecule has 0 heteroatoms. The number of aryl methyl sites for hydroxylation is 1. The molecule has 57 heavy (non-hydrogen) atoms. The molecule has 7 rings (SSSR count). The van der Waals surface area contributed by atoms with Gasteiger partial charge >= 0.3 is 0 Å². The van der Waals surface area contributed by atoms with Gasteiger partial charge in [0.2, 0.25) is 0 Å². The summed E-state index contributed by atoms with van der Waals surface area (Å²) >= 11 is 0. The number of rotatable bonds is 6. The third-order valence-electron chi connectivity index (χ3n) is 9.87. The Morgan fingerprint density at radius 1 is 0.702 bits per heavy atom. The van der Waals surface area contributed by atoms with Gasteiger partial charge in [-0.2, -0.15) is 0 Å². The van der Waals surface area contributed by atoms with E-state index in [0.717, 1.165) is 47.2 Å². The monoisotopic (exact) mass is 761 g/mol. The Morgan fingerprint density at radius 3 is 1.67 bits per heavy atom. The minimum Gasteiger partial charge on any atom is -0.0998 e. The van der Waals surface area contributed by atoms with Crippen LogP contribution < -0.4 is 0 Å². The van der Waals surface area contributed by atoms with Crippen molar-refractivity contribution < 1.29 is 0 Å². The average Bonchev–Trinajstić information content (AvgIpc) is 4.08. The fraction of sp³-hybridized carbons (Fsp3) is 0.298. The van der Waals surface area contributed by atoms with Gasteiger partial charge in [0, 0.05) is 0 Å². The molecule has 2 bridgehead atoms. The zero-order chi connectivity index (χ0) is 42.8. The predicted octanol–water partition coefficient (Wildman–Crippen LogP) is 17.4. The molecule has 1 saturated carbocycles. The van der Waals surface area contributed by atoms with Crippen LogP contribution >= 0.6 is 0 Å². The van der Waals surface area contributed by atoms with E-state index >= 15 is 0 Å². The quantitative estimate of drug-likeness (QED) is 0.203. The Balaban J connectivity index is 0.000000644. The first-order chi connectivity index (χ1) is 27.4. The van der Waals surface area contributed by atoms with Gasteiger partial charge in [0.05, 0.1) is 0 Å². The first kappa shape index (κ1) is 51.8. The molecule has 0 aromatic heterocycles. The van der Waals surface area contributed by atoms with E-state index in [9.17, 15) is 0 Å². The fourth-order valence-electron chi connectivity index (χ4n) is 6.34. The maximum absolute atomic E-state index is 3.97. The molecular formula is C57H76. The highest BCUT2D eigenvalue weighted by molar-refractivity contribution is 5.60. The van der Waals surface area contributed by atoms with Crippen molar-refractivity contribution in [2.75, 3.05) is 0 Å². The average molecular weight is 761 g/mol. The van der Waals surface area contributed by atoms with Crippen LogP contribution in [0.1, 0.15) is 89.8 Å². The van der Waals surface area contributed by atoms with Gasteiger partial charge in [-0.1, -0.05) is 232 Å². The van der Waals surface area contributed by atoms with Crippen molar-refractivity contribution in [3.05, 3.63) is 232 Å². The summed E-state index contributed by atoms with van der Waals surface area (Å²) in [6, 6.07) is 18.4. The lowest BCUT2D eigenvalue weighted by Crippen LogP contribution is -2.12. The van der Waals surface area contributed by atoms with Crippen LogP contribution in [-0.2, 0) is 0 Å². The summed E-state index contributed by atoms with van der Waals surface area (Å²) in [5, 5.41) is 0. The Kier molecular flexibility index (Phi) is 30.0. The van der Waals surface area contributed by atoms with E-state index in [1.54, 1.807) is 29.9 Å². The first-order valence-electron chi connectivity index (χ1n) is 20.5. The molecule has 1 fully saturated rings. The van der Waals surface area contributed by atoms with Crippen LogP contribution in [0.4, 0.5) is 0 Å². The second-order valence-electron chi connectivity index (χ2n) is 14.9. The van der Waals surface area contributed by atoms with Crippen LogP contribution in [0.5, 0.6) is 0 Å². The Bertz CT molecular complexity index is 1650. The van der Waals surface area contributed by atoms with Crippen molar-refractivity contribution in [3.63, 3.8) is 0 Å². The Morgan fingerprint density at radius 2 is 1.30 bits per heavy atom. The van der Waals surface area contributed by atoms with Crippen LogP contribution in [0.3, 0.4) is 0 Å². The van der Waals surface area contributed by atoms with Gasteiger partial charge in [0.15, 0.2) is 0 Å². The summed E-state index contributed by atoms with van der Waals surface area (Å²) in [7, 11) is 0. The maximum atomic E-state index is 3.97. The van der Waals surface area contributed by atoms with Crippen molar-refractivity contribution in [2.45, 2.75) is 80.1 Å². The van der Waals surface area contributed by atoms with Crippen molar-refractivity contribution in [1.29, 1.82) is 0 Å². The lowest BCUT2D eigenvalue weighted by molar-refractivity contribution is 0.398. The molecule has 0 N–H and O–H groups in total. The van der Waals surface area contributed by atoms with E-state index in [1.165, 1.54) is 54.4 Å². The summed E-state index contributed by atoms with van der Waals surface area (Å²) in [5.41, 5.74) is 8.74. The van der Waals surface area contributed by atoms with E-state index in [4.69, 9.17) is 0 Å². The van der Waals surface area contributed by atoms with Crippen LogP contribution in [0.25, 0.3) is 11.6 Å². The molecule has 0 nitrogen and oxygen atoms in total. The molecule has 0 radical (unpaired) electrons. The first-order valence-corrected chi connectivity index (χ1v) is 20.5. The van der Waals surface area contributed by atoms with Crippen molar-refractivity contribution in [2.24, 2.45) is 29.6 Å². The number of hydrogen-bond acceptors (Lipinski definition) is 0. The summed E-state index contributed by atoms with van der Waals surface area (Å²) in [4.78, 5) is 0. The van der Waals surface area contributed by atoms with Crippen molar-refractivity contribution >= 4 is 11.6 Å². The van der Waals surface area contributed by atoms with E-state index in [2.05, 4.69) is 164 Å². The minimum atomic E-state index is 0.767. The normalized spacial score (nSPS) is 20.2. The Labute approximate surface area is 351 Å². The molecule has 5 aliphatic rings. The minimum absolute atomic E-state index is 0.767. The summed E-state index contributed by atoms with van der Waals surface area (Å²) < 4.78 is 0. The maximum Gasteiger partial charge on any atom is -0.0133 e. The highest BCUT2D eigenvalue weighted by Crippen LogP contribution is 2.52. The Hall–Kier alpha value is -5.20. The van der Waals surface area contributed by atoms with E-state index in [0.29, 0.717) is 0 Å². The van der Waals surface area contributed by atoms with Crippen LogP contribution in [-0.4, -0.2) is 0 Å². The largest absolute Gasteiger partial charge is 0.0998 e. The highest BCUT2D eigenvalue weighted by atomic mass is 14.5. The molecule has 0 heterocycles. The molecule has 0 saturated heterocycles. The lowest BCUT2D eigenvalue weighted by atomic mass is 9.86. The molecule has 304 valence electrons. The number of benzene rings is 2. The summed E-state index contributed by atoms with van der Waals surface area (Å²) in [6.45, 7) is 41.0. The van der Waals surface area contributed by atoms with Gasteiger partial charge in [0.1, 0.15) is 0 Å². The molecule has 0 spiro atoms. The van der Waals surface area contributed by atoms with Gasteiger partial charge in [0.25, 0.3) is 0 Å². The zero-order valence-electron chi connectivity index (χ0n) is 36.7.